The van der Waals surface area contributed by atoms with Crippen LogP contribution in [0.3, 0.4) is 0 Å². The predicted octanol–water partition coefficient (Wildman–Crippen LogP) is 3.83. The standard InChI is InChI=1S/C15H13F6NO3S/c1-8-7-11(13(16,17)14(18,23)15(19,20)21)9-5-3-4-6-10(9)12(8)22-26(2,24)25/h3-7,22-23H,1-2H3. The number of anilines is 1. The van der Waals surface area contributed by atoms with E-state index < -0.39 is 38.9 Å². The molecule has 0 spiro atoms. The van der Waals surface area contributed by atoms with E-state index in [0.29, 0.717) is 6.07 Å². The van der Waals surface area contributed by atoms with Crippen molar-refractivity contribution in [2.24, 2.45) is 0 Å². The van der Waals surface area contributed by atoms with Gasteiger partial charge in [0, 0.05) is 10.9 Å². The van der Waals surface area contributed by atoms with Gasteiger partial charge in [0.25, 0.3) is 0 Å². The molecular formula is C15H13F6NO3S. The number of rotatable bonds is 4. The summed E-state index contributed by atoms with van der Waals surface area (Å²) in [5, 5.41) is 8.16. The van der Waals surface area contributed by atoms with Gasteiger partial charge in [-0.25, -0.2) is 8.42 Å². The number of nitrogens with one attached hydrogen (secondary N) is 1. The summed E-state index contributed by atoms with van der Waals surface area (Å²) in [5.74, 6) is -11.2. The molecule has 2 rings (SSSR count). The normalized spacial score (nSPS) is 15.7. The Morgan fingerprint density at radius 1 is 1.00 bits per heavy atom. The molecule has 0 radical (unpaired) electrons. The van der Waals surface area contributed by atoms with Crippen LogP contribution >= 0.6 is 0 Å². The fourth-order valence-electron chi connectivity index (χ4n) is 2.45. The van der Waals surface area contributed by atoms with E-state index in [0.717, 1.165) is 19.2 Å². The molecule has 0 aliphatic rings. The second kappa shape index (κ2) is 6.02. The second-order valence-electron chi connectivity index (χ2n) is 5.73. The molecule has 0 saturated heterocycles. The molecule has 2 aromatic carbocycles. The molecule has 0 aromatic heterocycles. The largest absolute Gasteiger partial charge is 0.455 e. The average Bonchev–Trinajstić information content (AvgIpc) is 2.47. The highest BCUT2D eigenvalue weighted by molar-refractivity contribution is 7.92. The van der Waals surface area contributed by atoms with Crippen LogP contribution in [0.2, 0.25) is 0 Å². The Balaban J connectivity index is 2.85. The lowest BCUT2D eigenvalue weighted by atomic mass is 9.92. The number of benzene rings is 2. The highest BCUT2D eigenvalue weighted by atomic mass is 32.2. The molecule has 0 aliphatic carbocycles. The van der Waals surface area contributed by atoms with Gasteiger partial charge in [0.1, 0.15) is 0 Å². The van der Waals surface area contributed by atoms with Crippen LogP contribution in [0.25, 0.3) is 10.8 Å². The third-order valence-corrected chi connectivity index (χ3v) is 4.23. The number of alkyl halides is 6. The quantitative estimate of drug-likeness (QED) is 0.766. The van der Waals surface area contributed by atoms with Crippen molar-refractivity contribution in [1.29, 1.82) is 0 Å². The number of hydrogen-bond acceptors (Lipinski definition) is 3. The minimum absolute atomic E-state index is 0.142. The Hall–Kier alpha value is -2.01. The van der Waals surface area contributed by atoms with E-state index in [9.17, 15) is 34.8 Å². The first-order valence-corrected chi connectivity index (χ1v) is 8.85. The number of halogens is 6. The minimum Gasteiger partial charge on any atom is -0.350 e. The number of sulfonamides is 1. The van der Waals surface area contributed by atoms with Crippen LogP contribution in [-0.2, 0) is 15.9 Å². The van der Waals surface area contributed by atoms with Gasteiger partial charge in [0.05, 0.1) is 11.9 Å². The monoisotopic (exact) mass is 401 g/mol. The lowest BCUT2D eigenvalue weighted by molar-refractivity contribution is -0.390. The van der Waals surface area contributed by atoms with Crippen molar-refractivity contribution in [1.82, 2.24) is 0 Å². The molecule has 0 bridgehead atoms. The molecule has 1 atom stereocenters. The number of hydrogen-bond donors (Lipinski definition) is 2. The lowest BCUT2D eigenvalue weighted by Gasteiger charge is -2.31. The molecule has 26 heavy (non-hydrogen) atoms. The molecule has 11 heteroatoms. The van der Waals surface area contributed by atoms with Gasteiger partial charge in [-0.05, 0) is 23.9 Å². The Labute approximate surface area is 144 Å². The summed E-state index contributed by atoms with van der Waals surface area (Å²) >= 11 is 0. The van der Waals surface area contributed by atoms with Crippen LogP contribution in [0, 0.1) is 6.92 Å². The summed E-state index contributed by atoms with van der Waals surface area (Å²) in [6.07, 6.45) is -5.46. The lowest BCUT2D eigenvalue weighted by Crippen LogP contribution is -2.53. The van der Waals surface area contributed by atoms with Crippen molar-refractivity contribution < 1.29 is 39.9 Å². The molecule has 0 amide bonds. The highest BCUT2D eigenvalue weighted by Crippen LogP contribution is 2.51. The van der Waals surface area contributed by atoms with E-state index in [2.05, 4.69) is 4.72 Å². The predicted molar refractivity (Wildman–Crippen MR) is 83.2 cm³/mol. The molecule has 0 saturated carbocycles. The van der Waals surface area contributed by atoms with Crippen molar-refractivity contribution in [2.45, 2.75) is 24.9 Å². The Kier molecular flexibility index (Phi) is 4.70. The fourth-order valence-corrected chi connectivity index (χ4v) is 3.09. The highest BCUT2D eigenvalue weighted by Gasteiger charge is 2.71. The van der Waals surface area contributed by atoms with Gasteiger partial charge in [-0.2, -0.15) is 26.3 Å². The third-order valence-electron chi connectivity index (χ3n) is 3.66. The van der Waals surface area contributed by atoms with Gasteiger partial charge in [-0.1, -0.05) is 24.3 Å². The van der Waals surface area contributed by atoms with Gasteiger partial charge in [0.2, 0.25) is 10.0 Å². The van der Waals surface area contributed by atoms with Gasteiger partial charge in [-0.3, -0.25) is 4.72 Å². The van der Waals surface area contributed by atoms with Crippen LogP contribution in [-0.4, -0.2) is 31.8 Å². The second-order valence-corrected chi connectivity index (χ2v) is 7.48. The zero-order valence-corrected chi connectivity index (χ0v) is 14.1. The number of aryl methyl sites for hydroxylation is 1. The molecule has 0 fully saturated rings. The zero-order valence-electron chi connectivity index (χ0n) is 13.3. The number of aliphatic hydroxyl groups is 1. The first kappa shape index (κ1) is 20.3. The van der Waals surface area contributed by atoms with Gasteiger partial charge in [-0.15, -0.1) is 0 Å². The van der Waals surface area contributed by atoms with Crippen molar-refractivity contribution in [2.75, 3.05) is 11.0 Å². The average molecular weight is 401 g/mol. The zero-order chi connectivity index (χ0) is 20.1. The maximum absolute atomic E-state index is 14.3. The fraction of sp³-hybridized carbons (Fsp3) is 0.333. The van der Waals surface area contributed by atoms with Gasteiger partial charge in [0.15, 0.2) is 0 Å². The van der Waals surface area contributed by atoms with Crippen LogP contribution in [0.1, 0.15) is 11.1 Å². The summed E-state index contributed by atoms with van der Waals surface area (Å²) in [6.45, 7) is 1.16. The SMILES string of the molecule is Cc1cc(C(F)(F)C(O)(F)C(F)(F)F)c2ccccc2c1NS(C)(=O)=O. The smallest absolute Gasteiger partial charge is 0.350 e. The van der Waals surface area contributed by atoms with E-state index in [1.807, 2.05) is 0 Å². The molecular weight excluding hydrogens is 388 g/mol. The topological polar surface area (TPSA) is 66.4 Å². The van der Waals surface area contributed by atoms with Crippen LogP contribution < -0.4 is 4.72 Å². The number of fused-ring (bicyclic) bond motifs is 1. The van der Waals surface area contributed by atoms with Crippen LogP contribution in [0.4, 0.5) is 32.0 Å². The molecule has 0 aliphatic heterocycles. The minimum atomic E-state index is -6.25. The van der Waals surface area contributed by atoms with Crippen molar-refractivity contribution >= 4 is 26.5 Å². The maximum atomic E-state index is 14.3. The van der Waals surface area contributed by atoms with E-state index in [4.69, 9.17) is 5.11 Å². The Morgan fingerprint density at radius 3 is 1.96 bits per heavy atom. The third kappa shape index (κ3) is 3.32. The Morgan fingerprint density at radius 2 is 1.50 bits per heavy atom. The van der Waals surface area contributed by atoms with Gasteiger partial charge < -0.3 is 5.11 Å². The van der Waals surface area contributed by atoms with Crippen molar-refractivity contribution in [3.8, 4) is 0 Å². The van der Waals surface area contributed by atoms with E-state index in [1.54, 1.807) is 0 Å². The van der Waals surface area contributed by atoms with E-state index in [1.165, 1.54) is 18.2 Å². The molecule has 4 nitrogen and oxygen atoms in total. The summed E-state index contributed by atoms with van der Waals surface area (Å²) in [7, 11) is -3.83. The van der Waals surface area contributed by atoms with E-state index in [-0.39, 0.29) is 16.6 Å². The first-order valence-electron chi connectivity index (χ1n) is 6.96. The molecule has 144 valence electrons. The van der Waals surface area contributed by atoms with Crippen LogP contribution in [0.5, 0.6) is 0 Å². The van der Waals surface area contributed by atoms with Gasteiger partial charge >= 0.3 is 18.0 Å². The maximum Gasteiger partial charge on any atom is 0.455 e. The molecule has 1 unspecified atom stereocenters. The summed E-state index contributed by atoms with van der Waals surface area (Å²) in [6, 6.07) is 5.19. The van der Waals surface area contributed by atoms with Crippen LogP contribution in [0.15, 0.2) is 30.3 Å². The summed E-state index contributed by atoms with van der Waals surface area (Å²) in [5.41, 5.74) is -1.74. The van der Waals surface area contributed by atoms with E-state index >= 15 is 0 Å². The Bertz CT molecular complexity index is 954. The van der Waals surface area contributed by atoms with Crippen molar-refractivity contribution in [3.63, 3.8) is 0 Å². The summed E-state index contributed by atoms with van der Waals surface area (Å²) < 4.78 is 105. The molecule has 2 aromatic rings. The molecule has 0 heterocycles. The van der Waals surface area contributed by atoms with Crippen molar-refractivity contribution in [3.05, 3.63) is 41.5 Å². The summed E-state index contributed by atoms with van der Waals surface area (Å²) in [4.78, 5) is 0. The first-order chi connectivity index (χ1) is 11.6. The molecule has 2 N–H and O–H groups in total.